The van der Waals surface area contributed by atoms with Crippen LogP contribution in [0.4, 0.5) is 0 Å². The highest BCUT2D eigenvalue weighted by molar-refractivity contribution is 5.68. The van der Waals surface area contributed by atoms with Gasteiger partial charge in [-0.1, -0.05) is 109 Å². The Morgan fingerprint density at radius 3 is 1.32 bits per heavy atom. The Labute approximate surface area is 336 Å². The van der Waals surface area contributed by atoms with Crippen LogP contribution in [0.1, 0.15) is 116 Å². The van der Waals surface area contributed by atoms with Crippen molar-refractivity contribution in [3.8, 4) is 45.7 Å². The number of hydrogen-bond donors (Lipinski definition) is 2. The van der Waals surface area contributed by atoms with Crippen LogP contribution in [0.5, 0.6) is 11.5 Å². The highest BCUT2D eigenvalue weighted by Crippen LogP contribution is 2.32. The Bertz CT molecular complexity index is 1570. The van der Waals surface area contributed by atoms with Crippen LogP contribution in [0.25, 0.3) is 34.2 Å². The molecule has 306 valence electrons. The Balaban J connectivity index is 1.67. The molecule has 0 bridgehead atoms. The quantitative estimate of drug-likeness (QED) is 0.0521. The van der Waals surface area contributed by atoms with Crippen molar-refractivity contribution in [1.82, 2.24) is 15.0 Å². The van der Waals surface area contributed by atoms with Crippen LogP contribution < -0.4 is 9.47 Å². The first-order valence-corrected chi connectivity index (χ1v) is 21.3. The van der Waals surface area contributed by atoms with Crippen molar-refractivity contribution in [3.05, 3.63) is 77.9 Å². The lowest BCUT2D eigenvalue weighted by Crippen LogP contribution is -2.24. The largest absolute Gasteiger partial charge is 0.491 e. The molecular formula is C47H67N3O6. The van der Waals surface area contributed by atoms with Gasteiger partial charge >= 0.3 is 0 Å². The molecule has 0 fully saturated rings. The molecule has 9 nitrogen and oxygen atoms in total. The molecule has 0 radical (unpaired) electrons. The fourth-order valence-corrected chi connectivity index (χ4v) is 6.34. The smallest absolute Gasteiger partial charge is 0.164 e. The van der Waals surface area contributed by atoms with E-state index in [4.69, 9.17) is 33.9 Å². The number of nitrogens with zero attached hydrogens (tertiary/aromatic N) is 3. The van der Waals surface area contributed by atoms with Gasteiger partial charge in [0.1, 0.15) is 36.9 Å². The summed E-state index contributed by atoms with van der Waals surface area (Å²) in [7, 11) is 0. The Morgan fingerprint density at radius 2 is 0.893 bits per heavy atom. The van der Waals surface area contributed by atoms with E-state index >= 15 is 0 Å². The fraction of sp³-hybridized carbons (Fsp3) is 0.553. The summed E-state index contributed by atoms with van der Waals surface area (Å²) < 4.78 is 23.7. The average Bonchev–Trinajstić information content (AvgIpc) is 3.23. The molecule has 1 heterocycles. The summed E-state index contributed by atoms with van der Waals surface area (Å²) in [5, 5.41) is 21.1. The van der Waals surface area contributed by atoms with Crippen molar-refractivity contribution in [2.45, 2.75) is 130 Å². The van der Waals surface area contributed by atoms with Gasteiger partial charge in [-0.2, -0.15) is 0 Å². The lowest BCUT2D eigenvalue weighted by atomic mass is 10.0. The van der Waals surface area contributed by atoms with Crippen molar-refractivity contribution in [1.29, 1.82) is 0 Å². The van der Waals surface area contributed by atoms with Gasteiger partial charge in [-0.3, -0.25) is 0 Å². The van der Waals surface area contributed by atoms with E-state index in [0.717, 1.165) is 116 Å². The number of ether oxygens (including phenoxy) is 4. The van der Waals surface area contributed by atoms with Gasteiger partial charge < -0.3 is 29.2 Å². The molecule has 4 rings (SSSR count). The minimum Gasteiger partial charge on any atom is -0.491 e. The van der Waals surface area contributed by atoms with Crippen molar-refractivity contribution in [2.24, 2.45) is 0 Å². The molecular weight excluding hydrogens is 703 g/mol. The molecule has 2 N–H and O–H groups in total. The van der Waals surface area contributed by atoms with Crippen LogP contribution in [-0.4, -0.2) is 77.0 Å². The molecule has 1 aromatic heterocycles. The SMILES string of the molecule is CCCCCCc1cc(-c2nc(-c3ccccc3)nc(-c3ccc(OCC(O)COCCCC)c(CCCCCC)c3)n2)ccc1OCC(O)COCCCC. The van der Waals surface area contributed by atoms with Crippen LogP contribution in [0, 0.1) is 0 Å². The van der Waals surface area contributed by atoms with Crippen LogP contribution in [0.3, 0.4) is 0 Å². The summed E-state index contributed by atoms with van der Waals surface area (Å²) >= 11 is 0. The lowest BCUT2D eigenvalue weighted by molar-refractivity contribution is 0.0111. The molecule has 0 saturated carbocycles. The highest BCUT2D eigenvalue weighted by atomic mass is 16.5. The maximum Gasteiger partial charge on any atom is 0.164 e. The summed E-state index contributed by atoms with van der Waals surface area (Å²) in [5.74, 6) is 3.27. The van der Waals surface area contributed by atoms with E-state index in [1.54, 1.807) is 0 Å². The Hall–Kier alpha value is -3.89. The maximum absolute atomic E-state index is 10.6. The molecule has 56 heavy (non-hydrogen) atoms. The van der Waals surface area contributed by atoms with E-state index in [9.17, 15) is 10.2 Å². The van der Waals surface area contributed by atoms with E-state index in [0.29, 0.717) is 30.7 Å². The number of unbranched alkanes of at least 4 members (excludes halogenated alkanes) is 8. The van der Waals surface area contributed by atoms with E-state index < -0.39 is 12.2 Å². The van der Waals surface area contributed by atoms with Gasteiger partial charge in [0.15, 0.2) is 17.5 Å². The van der Waals surface area contributed by atoms with E-state index in [1.807, 2.05) is 54.6 Å². The summed E-state index contributed by atoms with van der Waals surface area (Å²) in [4.78, 5) is 15.1. The molecule has 4 aromatic rings. The zero-order valence-corrected chi connectivity index (χ0v) is 34.5. The van der Waals surface area contributed by atoms with Crippen molar-refractivity contribution in [2.75, 3.05) is 39.6 Å². The monoisotopic (exact) mass is 770 g/mol. The number of aromatic nitrogens is 3. The van der Waals surface area contributed by atoms with Crippen molar-refractivity contribution >= 4 is 0 Å². The second kappa shape index (κ2) is 26.1. The molecule has 2 atom stereocenters. The maximum atomic E-state index is 10.6. The van der Waals surface area contributed by atoms with E-state index in [2.05, 4.69) is 39.8 Å². The molecule has 0 aliphatic carbocycles. The van der Waals surface area contributed by atoms with Crippen LogP contribution in [-0.2, 0) is 22.3 Å². The number of aliphatic hydroxyl groups is 2. The van der Waals surface area contributed by atoms with Gasteiger partial charge in [0.05, 0.1) is 13.2 Å². The van der Waals surface area contributed by atoms with Gasteiger partial charge in [0.2, 0.25) is 0 Å². The average molecular weight is 770 g/mol. The zero-order valence-electron chi connectivity index (χ0n) is 34.5. The van der Waals surface area contributed by atoms with Gasteiger partial charge in [-0.05, 0) is 86.1 Å². The van der Waals surface area contributed by atoms with E-state index in [-0.39, 0.29) is 26.4 Å². The summed E-state index contributed by atoms with van der Waals surface area (Å²) in [6.07, 6.45) is 13.3. The number of aryl methyl sites for hydroxylation is 2. The number of benzene rings is 3. The molecule has 3 aromatic carbocycles. The Morgan fingerprint density at radius 1 is 0.464 bits per heavy atom. The van der Waals surface area contributed by atoms with Gasteiger partial charge in [-0.15, -0.1) is 0 Å². The number of rotatable bonds is 29. The molecule has 0 amide bonds. The summed E-state index contributed by atoms with van der Waals surface area (Å²) in [5.41, 5.74) is 4.79. The molecule has 2 unspecified atom stereocenters. The van der Waals surface area contributed by atoms with Gasteiger partial charge in [-0.25, -0.2) is 15.0 Å². The third kappa shape index (κ3) is 15.6. The van der Waals surface area contributed by atoms with Crippen LogP contribution in [0.2, 0.25) is 0 Å². The van der Waals surface area contributed by atoms with Gasteiger partial charge in [0, 0.05) is 29.9 Å². The second-order valence-electron chi connectivity index (χ2n) is 14.7. The van der Waals surface area contributed by atoms with Crippen molar-refractivity contribution in [3.63, 3.8) is 0 Å². The number of hydrogen-bond acceptors (Lipinski definition) is 9. The van der Waals surface area contributed by atoms with E-state index in [1.165, 1.54) is 12.8 Å². The first-order chi connectivity index (χ1) is 27.4. The zero-order chi connectivity index (χ0) is 39.8. The molecule has 0 aliphatic rings. The Kier molecular flexibility index (Phi) is 20.9. The van der Waals surface area contributed by atoms with Crippen molar-refractivity contribution < 1.29 is 29.2 Å². The fourth-order valence-electron chi connectivity index (χ4n) is 6.34. The van der Waals surface area contributed by atoms with Crippen LogP contribution >= 0.6 is 0 Å². The second-order valence-corrected chi connectivity index (χ2v) is 14.7. The predicted molar refractivity (Wildman–Crippen MR) is 226 cm³/mol. The molecule has 0 aliphatic heterocycles. The van der Waals surface area contributed by atoms with Gasteiger partial charge in [0.25, 0.3) is 0 Å². The summed E-state index contributed by atoms with van der Waals surface area (Å²) in [6.45, 7) is 10.8. The first kappa shape index (κ1) is 44.8. The first-order valence-electron chi connectivity index (χ1n) is 21.3. The summed E-state index contributed by atoms with van der Waals surface area (Å²) in [6, 6.07) is 22.2. The molecule has 0 saturated heterocycles. The number of aliphatic hydroxyl groups excluding tert-OH is 2. The topological polar surface area (TPSA) is 116 Å². The third-order valence-electron chi connectivity index (χ3n) is 9.67. The molecule has 9 heteroatoms. The molecule has 0 spiro atoms. The van der Waals surface area contributed by atoms with Crippen LogP contribution in [0.15, 0.2) is 66.7 Å². The lowest BCUT2D eigenvalue weighted by Gasteiger charge is -2.17. The standard InChI is InChI=1S/C47H67N3O6/c1-5-9-13-16-22-37-30-39(24-26-43(37)55-34-41(51)32-53-28-11-7-3)46-48-45(36-20-18-15-19-21-36)49-47(50-46)40-25-27-44(38(31-40)23-17-14-10-6-2)56-35-42(52)33-54-29-12-8-4/h15,18-21,24-27,30-31,41-42,51-52H,5-14,16-17,22-23,28-29,32-35H2,1-4H3. The third-order valence-corrected chi connectivity index (χ3v) is 9.67. The predicted octanol–water partition coefficient (Wildman–Crippen LogP) is 10.2. The minimum atomic E-state index is -0.707. The minimum absolute atomic E-state index is 0.160. The highest BCUT2D eigenvalue weighted by Gasteiger charge is 2.17. The normalized spacial score (nSPS) is 12.5.